The number of hydrogen-bond donors (Lipinski definition) is 1. The first kappa shape index (κ1) is 22.8. The maximum absolute atomic E-state index is 12.9. The molecule has 4 saturated carbocycles. The summed E-state index contributed by atoms with van der Waals surface area (Å²) in [7, 11) is 0. The summed E-state index contributed by atoms with van der Waals surface area (Å²) in [5.41, 5.74) is -1.15. The van der Waals surface area contributed by atoms with Crippen LogP contribution in [0.25, 0.3) is 0 Å². The monoisotopic (exact) mass is 434 g/mol. The third-order valence-electron chi connectivity index (χ3n) is 9.94. The Labute approximate surface area is 185 Å². The number of fused-ring (bicyclic) bond motifs is 5. The highest BCUT2D eigenvalue weighted by molar-refractivity contribution is 5.85. The maximum Gasteiger partial charge on any atom is 0.303 e. The molecule has 0 heterocycles. The van der Waals surface area contributed by atoms with Crippen molar-refractivity contribution in [2.75, 3.05) is 6.61 Å². The number of carbonyl (C=O) groups is 3. The molecular formula is C25H38O6. The van der Waals surface area contributed by atoms with Gasteiger partial charge in [0.05, 0.1) is 5.60 Å². The summed E-state index contributed by atoms with van der Waals surface area (Å²) in [4.78, 5) is 35.5. The SMILES string of the molecule is CC(=O)OCC(=O)[C@H]1CC[C@]2(O)[C@H]3CC[C@@H]4C[C@@H](OC(C)=O)CC[C@]4(C)[C@@H]3CC[C@]12C. The van der Waals surface area contributed by atoms with Crippen LogP contribution in [0, 0.1) is 34.5 Å². The van der Waals surface area contributed by atoms with Crippen LogP contribution in [0.5, 0.6) is 0 Å². The summed E-state index contributed by atoms with van der Waals surface area (Å²) in [6.07, 6.45) is 8.06. The zero-order valence-electron chi connectivity index (χ0n) is 19.4. The summed E-state index contributed by atoms with van der Waals surface area (Å²) in [5, 5.41) is 12.1. The molecule has 0 bridgehead atoms. The van der Waals surface area contributed by atoms with Gasteiger partial charge in [-0.1, -0.05) is 13.8 Å². The fourth-order valence-electron chi connectivity index (χ4n) is 8.32. The van der Waals surface area contributed by atoms with Crippen LogP contribution < -0.4 is 0 Å². The molecule has 0 spiro atoms. The number of esters is 2. The van der Waals surface area contributed by atoms with E-state index in [-0.39, 0.29) is 41.7 Å². The fraction of sp³-hybridized carbons (Fsp3) is 0.880. The van der Waals surface area contributed by atoms with Gasteiger partial charge in [-0.25, -0.2) is 0 Å². The average molecular weight is 435 g/mol. The van der Waals surface area contributed by atoms with Crippen molar-refractivity contribution in [3.8, 4) is 0 Å². The largest absolute Gasteiger partial charge is 0.463 e. The molecule has 8 atom stereocenters. The zero-order valence-corrected chi connectivity index (χ0v) is 19.4. The summed E-state index contributed by atoms with van der Waals surface area (Å²) >= 11 is 0. The number of hydrogen-bond acceptors (Lipinski definition) is 6. The summed E-state index contributed by atoms with van der Waals surface area (Å²) in [5.74, 6) is 0.222. The Morgan fingerprint density at radius 3 is 2.32 bits per heavy atom. The van der Waals surface area contributed by atoms with E-state index in [9.17, 15) is 19.5 Å². The minimum atomic E-state index is -0.840. The van der Waals surface area contributed by atoms with Gasteiger partial charge in [-0.3, -0.25) is 14.4 Å². The Kier molecular flexibility index (Phi) is 5.77. The average Bonchev–Trinajstić information content (AvgIpc) is 2.97. The van der Waals surface area contributed by atoms with E-state index in [1.54, 1.807) is 0 Å². The number of rotatable bonds is 4. The molecule has 0 amide bonds. The molecule has 1 N–H and O–H groups in total. The molecule has 4 aliphatic rings. The van der Waals surface area contributed by atoms with E-state index >= 15 is 0 Å². The zero-order chi connectivity index (χ0) is 22.6. The van der Waals surface area contributed by atoms with Gasteiger partial charge in [-0.05, 0) is 81.0 Å². The smallest absolute Gasteiger partial charge is 0.303 e. The number of ether oxygens (including phenoxy) is 2. The second-order valence-electron chi connectivity index (χ2n) is 11.2. The van der Waals surface area contributed by atoms with Gasteiger partial charge in [0.25, 0.3) is 0 Å². The van der Waals surface area contributed by atoms with Crippen LogP contribution in [-0.4, -0.2) is 41.1 Å². The molecule has 0 radical (unpaired) electrons. The molecule has 0 aliphatic heterocycles. The van der Waals surface area contributed by atoms with Crippen LogP contribution in [0.3, 0.4) is 0 Å². The third kappa shape index (κ3) is 3.53. The first-order valence-corrected chi connectivity index (χ1v) is 12.1. The molecule has 31 heavy (non-hydrogen) atoms. The molecule has 174 valence electrons. The standard InChI is InChI=1S/C25H38O6/c1-15(26)30-14-22(28)21-9-12-25(29)20-6-5-17-13-18(31-16(2)27)7-10-23(17,3)19(20)8-11-24(21,25)4/h17-21,29H,5-14H2,1-4H3/t17-,18+,19-,20+,21-,23+,24-,25+/m1/s1. The molecule has 0 aromatic rings. The van der Waals surface area contributed by atoms with Crippen molar-refractivity contribution in [1.29, 1.82) is 0 Å². The third-order valence-corrected chi connectivity index (χ3v) is 9.94. The second kappa shape index (κ2) is 7.86. The van der Waals surface area contributed by atoms with Crippen LogP contribution in [0.1, 0.15) is 85.5 Å². The minimum absolute atomic E-state index is 0.0267. The van der Waals surface area contributed by atoms with E-state index < -0.39 is 17.0 Å². The minimum Gasteiger partial charge on any atom is -0.463 e. The van der Waals surface area contributed by atoms with E-state index in [4.69, 9.17) is 9.47 Å². The molecule has 6 nitrogen and oxygen atoms in total. The lowest BCUT2D eigenvalue weighted by Gasteiger charge is -2.63. The fourth-order valence-corrected chi connectivity index (χ4v) is 8.32. The summed E-state index contributed by atoms with van der Waals surface area (Å²) in [6.45, 7) is 7.11. The van der Waals surface area contributed by atoms with Gasteiger partial charge >= 0.3 is 11.9 Å². The molecule has 6 heteroatoms. The van der Waals surface area contributed by atoms with Gasteiger partial charge in [0.15, 0.2) is 5.78 Å². The number of ketones is 1. The first-order valence-electron chi connectivity index (χ1n) is 12.1. The van der Waals surface area contributed by atoms with Gasteiger partial charge in [0.1, 0.15) is 12.7 Å². The molecule has 0 saturated heterocycles. The van der Waals surface area contributed by atoms with Crippen molar-refractivity contribution in [2.45, 2.75) is 97.2 Å². The predicted octanol–water partition coefficient (Wildman–Crippen LogP) is 3.82. The Balaban J connectivity index is 1.53. The van der Waals surface area contributed by atoms with Gasteiger partial charge in [0, 0.05) is 25.2 Å². The van der Waals surface area contributed by atoms with E-state index in [0.717, 1.165) is 44.9 Å². The topological polar surface area (TPSA) is 89.9 Å². The molecule has 4 fully saturated rings. The normalized spacial score (nSPS) is 46.3. The lowest BCUT2D eigenvalue weighted by molar-refractivity contribution is -0.212. The van der Waals surface area contributed by atoms with Gasteiger partial charge in [0.2, 0.25) is 0 Å². The first-order chi connectivity index (χ1) is 14.5. The highest BCUT2D eigenvalue weighted by Gasteiger charge is 2.68. The highest BCUT2D eigenvalue weighted by atomic mass is 16.5. The number of Topliss-reactive ketones (excluding diaryl/α,β-unsaturated/α-hetero) is 1. The molecule has 0 unspecified atom stereocenters. The van der Waals surface area contributed by atoms with Gasteiger partial charge < -0.3 is 14.6 Å². The van der Waals surface area contributed by atoms with E-state index in [2.05, 4.69) is 13.8 Å². The van der Waals surface area contributed by atoms with Crippen LogP contribution in [0.15, 0.2) is 0 Å². The Hall–Kier alpha value is -1.43. The second-order valence-corrected chi connectivity index (χ2v) is 11.2. The van der Waals surface area contributed by atoms with Crippen molar-refractivity contribution in [1.82, 2.24) is 0 Å². The summed E-state index contributed by atoms with van der Waals surface area (Å²) < 4.78 is 10.5. The Bertz CT molecular complexity index is 763. The quantitative estimate of drug-likeness (QED) is 0.677. The van der Waals surface area contributed by atoms with Crippen LogP contribution >= 0.6 is 0 Å². The number of carbonyl (C=O) groups excluding carboxylic acids is 3. The van der Waals surface area contributed by atoms with E-state index in [1.165, 1.54) is 13.8 Å². The van der Waals surface area contributed by atoms with Crippen LogP contribution in [-0.2, 0) is 23.9 Å². The van der Waals surface area contributed by atoms with Crippen molar-refractivity contribution in [3.63, 3.8) is 0 Å². The molecule has 0 aromatic carbocycles. The maximum atomic E-state index is 12.9. The van der Waals surface area contributed by atoms with Gasteiger partial charge in [-0.2, -0.15) is 0 Å². The van der Waals surface area contributed by atoms with E-state index in [0.29, 0.717) is 24.7 Å². The molecular weight excluding hydrogens is 396 g/mol. The molecule has 4 aliphatic carbocycles. The van der Waals surface area contributed by atoms with Crippen molar-refractivity contribution in [3.05, 3.63) is 0 Å². The summed E-state index contributed by atoms with van der Waals surface area (Å²) in [6, 6.07) is 0. The van der Waals surface area contributed by atoms with E-state index in [1.807, 2.05) is 0 Å². The highest BCUT2D eigenvalue weighted by Crippen LogP contribution is 2.69. The van der Waals surface area contributed by atoms with Crippen LogP contribution in [0.2, 0.25) is 0 Å². The lowest BCUT2D eigenvalue weighted by atomic mass is 9.43. The molecule has 0 aromatic heterocycles. The van der Waals surface area contributed by atoms with Crippen molar-refractivity contribution < 1.29 is 29.0 Å². The number of aliphatic hydroxyl groups is 1. The van der Waals surface area contributed by atoms with Crippen LogP contribution in [0.4, 0.5) is 0 Å². The van der Waals surface area contributed by atoms with Gasteiger partial charge in [-0.15, -0.1) is 0 Å². The Morgan fingerprint density at radius 1 is 0.903 bits per heavy atom. The van der Waals surface area contributed by atoms with Crippen molar-refractivity contribution >= 4 is 17.7 Å². The van der Waals surface area contributed by atoms with Crippen molar-refractivity contribution in [2.24, 2.45) is 34.5 Å². The molecule has 4 rings (SSSR count). The lowest BCUT2D eigenvalue weighted by Crippen LogP contribution is -2.62. The predicted molar refractivity (Wildman–Crippen MR) is 114 cm³/mol. The Morgan fingerprint density at radius 2 is 1.65 bits per heavy atom.